The number of nitrogens with zero attached hydrogens (tertiary/aromatic N) is 3. The molecular weight excluding hydrogens is 310 g/mol. The Labute approximate surface area is 146 Å². The molecule has 0 fully saturated rings. The number of aryl methyl sites for hydroxylation is 1. The van der Waals surface area contributed by atoms with Crippen molar-refractivity contribution in [2.24, 2.45) is 0 Å². The number of aliphatic hydroxyl groups is 1. The second-order valence-electron chi connectivity index (χ2n) is 5.95. The summed E-state index contributed by atoms with van der Waals surface area (Å²) in [5.74, 6) is 0. The predicted octanol–water partition coefficient (Wildman–Crippen LogP) is 4.15. The van der Waals surface area contributed by atoms with Gasteiger partial charge < -0.3 is 9.67 Å². The van der Waals surface area contributed by atoms with Gasteiger partial charge in [0, 0.05) is 35.9 Å². The number of rotatable bonds is 5. The maximum Gasteiger partial charge on any atom is 0.0963 e. The van der Waals surface area contributed by atoms with Crippen molar-refractivity contribution in [1.82, 2.24) is 14.5 Å². The molecule has 0 unspecified atom stereocenters. The highest BCUT2D eigenvalue weighted by Crippen LogP contribution is 2.35. The van der Waals surface area contributed by atoms with Crippen molar-refractivity contribution in [3.63, 3.8) is 0 Å². The van der Waals surface area contributed by atoms with E-state index >= 15 is 0 Å². The Bertz CT molecular complexity index is 987. The quantitative estimate of drug-likeness (QED) is 0.598. The van der Waals surface area contributed by atoms with E-state index in [0.717, 1.165) is 40.0 Å². The molecule has 0 aliphatic rings. The molecule has 4 rings (SSSR count). The highest BCUT2D eigenvalue weighted by atomic mass is 16.3. The third-order valence-electron chi connectivity index (χ3n) is 4.35. The number of aliphatic hydroxyl groups excluding tert-OH is 1. The zero-order valence-corrected chi connectivity index (χ0v) is 13.8. The minimum Gasteiger partial charge on any atom is -0.396 e. The number of hydrogen-bond acceptors (Lipinski definition) is 3. The van der Waals surface area contributed by atoms with Crippen LogP contribution in [0.25, 0.3) is 33.4 Å². The molecule has 0 bridgehead atoms. The standard InChI is InChI=1S/C21H19N3O/c25-14-6-13-24-15-23-20(16-7-2-1-3-8-16)21(24)18-11-12-22-19-10-5-4-9-17(18)19/h1-5,7-12,15,25H,6,13-14H2. The van der Waals surface area contributed by atoms with Gasteiger partial charge in [0.15, 0.2) is 0 Å². The molecule has 2 heterocycles. The van der Waals surface area contributed by atoms with Gasteiger partial charge in [0.05, 0.1) is 23.2 Å². The fraction of sp³-hybridized carbons (Fsp3) is 0.143. The Morgan fingerprint density at radius 3 is 2.52 bits per heavy atom. The Morgan fingerprint density at radius 1 is 0.880 bits per heavy atom. The first kappa shape index (κ1) is 15.5. The lowest BCUT2D eigenvalue weighted by Crippen LogP contribution is -2.02. The maximum absolute atomic E-state index is 9.24. The van der Waals surface area contributed by atoms with Gasteiger partial charge in [-0.3, -0.25) is 4.98 Å². The van der Waals surface area contributed by atoms with E-state index in [4.69, 9.17) is 0 Å². The lowest BCUT2D eigenvalue weighted by Gasteiger charge is -2.12. The molecule has 0 atom stereocenters. The Kier molecular flexibility index (Phi) is 4.27. The minimum atomic E-state index is 0.162. The number of aromatic nitrogens is 3. The third kappa shape index (κ3) is 2.92. The van der Waals surface area contributed by atoms with E-state index in [1.165, 1.54) is 0 Å². The van der Waals surface area contributed by atoms with Crippen molar-refractivity contribution in [3.8, 4) is 22.5 Å². The monoisotopic (exact) mass is 329 g/mol. The van der Waals surface area contributed by atoms with Gasteiger partial charge in [-0.25, -0.2) is 4.98 Å². The number of benzene rings is 2. The zero-order chi connectivity index (χ0) is 17.1. The Hall–Kier alpha value is -2.98. The summed E-state index contributed by atoms with van der Waals surface area (Å²) in [4.78, 5) is 9.16. The number of fused-ring (bicyclic) bond motifs is 1. The lowest BCUT2D eigenvalue weighted by molar-refractivity contribution is 0.280. The van der Waals surface area contributed by atoms with Gasteiger partial charge in [-0.1, -0.05) is 48.5 Å². The van der Waals surface area contributed by atoms with E-state index < -0.39 is 0 Å². The molecule has 0 aliphatic carbocycles. The molecule has 2 aromatic carbocycles. The number of para-hydroxylation sites is 1. The normalized spacial score (nSPS) is 11.1. The summed E-state index contributed by atoms with van der Waals surface area (Å²) in [6, 6.07) is 20.4. The van der Waals surface area contributed by atoms with Crippen LogP contribution in [0, 0.1) is 0 Å². The Balaban J connectivity index is 1.96. The molecule has 4 nitrogen and oxygen atoms in total. The highest BCUT2D eigenvalue weighted by molar-refractivity contribution is 5.96. The van der Waals surface area contributed by atoms with Gasteiger partial charge in [-0.2, -0.15) is 0 Å². The second-order valence-corrected chi connectivity index (χ2v) is 5.95. The molecule has 2 aromatic heterocycles. The van der Waals surface area contributed by atoms with Gasteiger partial charge in [0.25, 0.3) is 0 Å². The van der Waals surface area contributed by atoms with Crippen molar-refractivity contribution in [1.29, 1.82) is 0 Å². The molecule has 0 aliphatic heterocycles. The van der Waals surface area contributed by atoms with Crippen LogP contribution in [0.4, 0.5) is 0 Å². The van der Waals surface area contributed by atoms with Gasteiger partial charge >= 0.3 is 0 Å². The zero-order valence-electron chi connectivity index (χ0n) is 13.8. The van der Waals surface area contributed by atoms with Crippen LogP contribution in [0.15, 0.2) is 73.2 Å². The van der Waals surface area contributed by atoms with Crippen LogP contribution in [0.5, 0.6) is 0 Å². The van der Waals surface area contributed by atoms with Crippen molar-refractivity contribution in [2.75, 3.05) is 6.61 Å². The smallest absolute Gasteiger partial charge is 0.0963 e. The van der Waals surface area contributed by atoms with E-state index in [1.54, 1.807) is 0 Å². The van der Waals surface area contributed by atoms with Crippen molar-refractivity contribution in [2.45, 2.75) is 13.0 Å². The van der Waals surface area contributed by atoms with Gasteiger partial charge in [0.1, 0.15) is 0 Å². The summed E-state index contributed by atoms with van der Waals surface area (Å²) in [6.45, 7) is 0.887. The topological polar surface area (TPSA) is 50.9 Å². The molecule has 0 saturated heterocycles. The number of imidazole rings is 1. The predicted molar refractivity (Wildman–Crippen MR) is 100 cm³/mol. The van der Waals surface area contributed by atoms with Crippen LogP contribution in [-0.2, 0) is 6.54 Å². The molecule has 4 heteroatoms. The summed E-state index contributed by atoms with van der Waals surface area (Å²) in [5.41, 5.74) is 5.18. The SMILES string of the molecule is OCCCn1cnc(-c2ccccc2)c1-c1ccnc2ccccc12. The largest absolute Gasteiger partial charge is 0.396 e. The Morgan fingerprint density at radius 2 is 1.68 bits per heavy atom. The van der Waals surface area contributed by atoms with E-state index in [2.05, 4.69) is 32.7 Å². The van der Waals surface area contributed by atoms with E-state index in [-0.39, 0.29) is 6.61 Å². The first-order valence-electron chi connectivity index (χ1n) is 8.44. The molecule has 0 saturated carbocycles. The second kappa shape index (κ2) is 6.87. The number of hydrogen-bond donors (Lipinski definition) is 1. The van der Waals surface area contributed by atoms with Crippen LogP contribution in [0.3, 0.4) is 0 Å². The summed E-state index contributed by atoms with van der Waals surface area (Å²) in [7, 11) is 0. The average Bonchev–Trinajstić information content (AvgIpc) is 3.10. The molecule has 0 amide bonds. The maximum atomic E-state index is 9.24. The first-order chi connectivity index (χ1) is 12.4. The highest BCUT2D eigenvalue weighted by Gasteiger charge is 2.17. The third-order valence-corrected chi connectivity index (χ3v) is 4.35. The van der Waals surface area contributed by atoms with Gasteiger partial charge in [-0.05, 0) is 18.6 Å². The van der Waals surface area contributed by atoms with Crippen molar-refractivity contribution >= 4 is 10.9 Å². The summed E-state index contributed by atoms with van der Waals surface area (Å²) in [5, 5.41) is 10.3. The molecular formula is C21H19N3O. The molecule has 4 aromatic rings. The van der Waals surface area contributed by atoms with Crippen molar-refractivity contribution < 1.29 is 5.11 Å². The fourth-order valence-corrected chi connectivity index (χ4v) is 3.18. The first-order valence-corrected chi connectivity index (χ1v) is 8.44. The average molecular weight is 329 g/mol. The molecule has 0 spiro atoms. The molecule has 124 valence electrons. The van der Waals surface area contributed by atoms with Crippen molar-refractivity contribution in [3.05, 3.63) is 73.2 Å². The van der Waals surface area contributed by atoms with Crippen LogP contribution in [0.1, 0.15) is 6.42 Å². The van der Waals surface area contributed by atoms with Crippen LogP contribution >= 0.6 is 0 Å². The summed E-state index contributed by atoms with van der Waals surface area (Å²) in [6.07, 6.45) is 4.40. The summed E-state index contributed by atoms with van der Waals surface area (Å²) >= 11 is 0. The van der Waals surface area contributed by atoms with Crippen LogP contribution in [-0.4, -0.2) is 26.2 Å². The van der Waals surface area contributed by atoms with Gasteiger partial charge in [0.2, 0.25) is 0 Å². The molecule has 0 radical (unpaired) electrons. The molecule has 1 N–H and O–H groups in total. The van der Waals surface area contributed by atoms with E-state index in [9.17, 15) is 5.11 Å². The fourth-order valence-electron chi connectivity index (χ4n) is 3.18. The van der Waals surface area contributed by atoms with Crippen LogP contribution in [0.2, 0.25) is 0 Å². The minimum absolute atomic E-state index is 0.162. The van der Waals surface area contributed by atoms with Crippen LogP contribution < -0.4 is 0 Å². The molecule has 25 heavy (non-hydrogen) atoms. The lowest BCUT2D eigenvalue weighted by atomic mass is 10.0. The van der Waals surface area contributed by atoms with E-state index in [1.807, 2.05) is 55.0 Å². The summed E-state index contributed by atoms with van der Waals surface area (Å²) < 4.78 is 2.13. The number of pyridine rings is 1. The van der Waals surface area contributed by atoms with Gasteiger partial charge in [-0.15, -0.1) is 0 Å². The van der Waals surface area contributed by atoms with E-state index in [0.29, 0.717) is 6.42 Å².